The van der Waals surface area contributed by atoms with Gasteiger partial charge in [-0.05, 0) is 49.7 Å². The molecule has 3 atom stereocenters. The van der Waals surface area contributed by atoms with Crippen molar-refractivity contribution in [1.82, 2.24) is 0 Å². The minimum absolute atomic E-state index is 0.0556. The maximum absolute atomic E-state index is 10.2. The molecular weight excluding hydrogens is 256 g/mol. The molecule has 3 unspecified atom stereocenters. The van der Waals surface area contributed by atoms with Crippen molar-refractivity contribution in [2.24, 2.45) is 0 Å². The zero-order valence-corrected chi connectivity index (χ0v) is 13.1. The zero-order chi connectivity index (χ0) is 14.3. The van der Waals surface area contributed by atoms with Crippen molar-refractivity contribution < 1.29 is 8.76 Å². The molecule has 1 aliphatic carbocycles. The largest absolute Gasteiger partial charge is 0.306 e. The van der Waals surface area contributed by atoms with Gasteiger partial charge in [-0.2, -0.15) is 0 Å². The van der Waals surface area contributed by atoms with Crippen LogP contribution in [-0.2, 0) is 17.5 Å². The number of rotatable bonds is 3. The molecule has 0 aliphatic heterocycles. The van der Waals surface area contributed by atoms with Gasteiger partial charge in [0.15, 0.2) is 11.1 Å². The summed E-state index contributed by atoms with van der Waals surface area (Å²) in [7, 11) is 0. The Morgan fingerprint density at radius 2 is 2.11 bits per heavy atom. The van der Waals surface area contributed by atoms with Crippen LogP contribution in [0.5, 0.6) is 0 Å². The molecule has 2 nitrogen and oxygen atoms in total. The van der Waals surface area contributed by atoms with Gasteiger partial charge in [0.2, 0.25) is 0 Å². The summed E-state index contributed by atoms with van der Waals surface area (Å²) in [6, 6.07) is 8.85. The van der Waals surface area contributed by atoms with E-state index in [1.54, 1.807) is 18.1 Å². The third kappa shape index (κ3) is 5.45. The van der Waals surface area contributed by atoms with Gasteiger partial charge in [-0.25, -0.2) is 4.21 Å². The summed E-state index contributed by atoms with van der Waals surface area (Å²) in [5, 5.41) is -0.0556. The number of benzene rings is 1. The molecule has 3 heteroatoms. The summed E-state index contributed by atoms with van der Waals surface area (Å²) < 4.78 is 18.6. The second kappa shape index (κ2) is 8.49. The van der Waals surface area contributed by atoms with Crippen LogP contribution in [-0.4, -0.2) is 14.0 Å². The molecule has 0 amide bonds. The van der Waals surface area contributed by atoms with Crippen LogP contribution in [0.25, 0.3) is 0 Å². The molecule has 19 heavy (non-hydrogen) atoms. The average Bonchev–Trinajstić information content (AvgIpc) is 2.40. The van der Waals surface area contributed by atoms with Gasteiger partial charge in [-0.15, -0.1) is 0 Å². The second-order valence-corrected chi connectivity index (χ2v) is 6.72. The van der Waals surface area contributed by atoms with E-state index in [-0.39, 0.29) is 5.25 Å². The lowest BCUT2D eigenvalue weighted by molar-refractivity contribution is 0.544. The van der Waals surface area contributed by atoms with E-state index in [1.165, 1.54) is 19.3 Å². The lowest BCUT2D eigenvalue weighted by atomic mass is 9.84. The zero-order valence-electron chi connectivity index (χ0n) is 12.3. The van der Waals surface area contributed by atoms with Gasteiger partial charge in [0.25, 0.3) is 0 Å². The van der Waals surface area contributed by atoms with Crippen molar-refractivity contribution in [2.75, 3.05) is 0 Å². The van der Waals surface area contributed by atoms with Crippen LogP contribution < -0.4 is 0 Å². The van der Waals surface area contributed by atoms with Crippen LogP contribution in [0.1, 0.15) is 63.5 Å². The molecule has 0 fully saturated rings. The Morgan fingerprint density at radius 3 is 2.63 bits per heavy atom. The maximum Gasteiger partial charge on any atom is 0.155 e. The highest BCUT2D eigenvalue weighted by atomic mass is 32.2. The van der Waals surface area contributed by atoms with Crippen molar-refractivity contribution in [3.8, 4) is 0 Å². The van der Waals surface area contributed by atoms with Gasteiger partial charge in [0, 0.05) is 0 Å². The van der Waals surface area contributed by atoms with Crippen LogP contribution in [0, 0.1) is 0 Å². The highest BCUT2D eigenvalue weighted by Gasteiger charge is 2.14. The monoisotopic (exact) mass is 282 g/mol. The number of hydrogen-bond acceptors (Lipinski definition) is 1. The molecule has 0 bridgehead atoms. The smallest absolute Gasteiger partial charge is 0.155 e. The quantitative estimate of drug-likeness (QED) is 0.827. The predicted molar refractivity (Wildman–Crippen MR) is 82.9 cm³/mol. The fraction of sp³-hybridized carbons (Fsp3) is 0.625. The molecule has 2 rings (SSSR count). The third-order valence-corrected chi connectivity index (χ3v) is 4.63. The fourth-order valence-corrected chi connectivity index (χ4v) is 2.94. The van der Waals surface area contributed by atoms with Gasteiger partial charge < -0.3 is 4.55 Å². The topological polar surface area (TPSA) is 37.3 Å². The number of aryl methyl sites for hydroxylation is 1. The van der Waals surface area contributed by atoms with E-state index in [9.17, 15) is 4.21 Å². The Morgan fingerprint density at radius 1 is 1.42 bits per heavy atom. The van der Waals surface area contributed by atoms with E-state index in [0.717, 1.165) is 18.8 Å². The van der Waals surface area contributed by atoms with Crippen LogP contribution in [0.4, 0.5) is 0 Å². The van der Waals surface area contributed by atoms with Gasteiger partial charge in [0.1, 0.15) is 0 Å². The summed E-state index contributed by atoms with van der Waals surface area (Å²) in [6.07, 6.45) is 5.85. The van der Waals surface area contributed by atoms with Crippen LogP contribution in [0.15, 0.2) is 24.3 Å². The van der Waals surface area contributed by atoms with Crippen molar-refractivity contribution in [3.05, 3.63) is 35.4 Å². The van der Waals surface area contributed by atoms with Crippen LogP contribution in [0.2, 0.25) is 0 Å². The van der Waals surface area contributed by atoms with Gasteiger partial charge in [-0.3, -0.25) is 0 Å². The highest BCUT2D eigenvalue weighted by molar-refractivity contribution is 7.79. The highest BCUT2D eigenvalue weighted by Crippen LogP contribution is 2.30. The number of hydrogen-bond donors (Lipinski definition) is 1. The lowest BCUT2D eigenvalue weighted by Crippen LogP contribution is -2.07. The van der Waals surface area contributed by atoms with Crippen molar-refractivity contribution in [3.63, 3.8) is 0 Å². The number of fused-ring (bicyclic) bond motifs is 1. The first-order valence-electron chi connectivity index (χ1n) is 7.23. The molecule has 0 radical (unpaired) electrons. The Bertz CT molecular complexity index is 403. The fourth-order valence-electron chi connectivity index (χ4n) is 2.50. The molecule has 0 aromatic heterocycles. The van der Waals surface area contributed by atoms with Crippen molar-refractivity contribution in [1.29, 1.82) is 0 Å². The van der Waals surface area contributed by atoms with E-state index in [0.29, 0.717) is 0 Å². The first-order valence-corrected chi connectivity index (χ1v) is 8.40. The molecule has 1 aromatic rings. The van der Waals surface area contributed by atoms with E-state index >= 15 is 0 Å². The molecule has 0 heterocycles. The first kappa shape index (κ1) is 16.4. The maximum atomic E-state index is 10.2. The van der Waals surface area contributed by atoms with E-state index in [2.05, 4.69) is 31.2 Å². The Labute approximate surface area is 119 Å². The summed E-state index contributed by atoms with van der Waals surface area (Å²) in [4.78, 5) is 0. The SMILES string of the molecule is CC1CCCc2ccccc21.CCCC(C)S(=O)O. The average molecular weight is 282 g/mol. The third-order valence-electron chi connectivity index (χ3n) is 3.71. The lowest BCUT2D eigenvalue weighted by Gasteiger charge is -2.21. The molecule has 0 saturated carbocycles. The summed E-state index contributed by atoms with van der Waals surface area (Å²) in [5.41, 5.74) is 3.16. The molecule has 1 aromatic carbocycles. The van der Waals surface area contributed by atoms with Gasteiger partial charge >= 0.3 is 0 Å². The second-order valence-electron chi connectivity index (χ2n) is 5.37. The molecule has 0 saturated heterocycles. The Balaban J connectivity index is 0.000000203. The molecule has 0 spiro atoms. The van der Waals surface area contributed by atoms with Gasteiger partial charge in [-0.1, -0.05) is 44.5 Å². The van der Waals surface area contributed by atoms with E-state index < -0.39 is 11.1 Å². The van der Waals surface area contributed by atoms with Gasteiger partial charge in [0.05, 0.1) is 5.25 Å². The normalized spacial score (nSPS) is 20.7. The standard InChI is InChI=1S/C11H14.C5H12O2S/c1-9-5-4-7-10-6-2-3-8-11(9)10;1-3-4-5(2)8(6)7/h2-3,6,8-9H,4-5,7H2,1H3;5H,3-4H2,1-2H3,(H,6,7). The van der Waals surface area contributed by atoms with Crippen LogP contribution >= 0.6 is 0 Å². The summed E-state index contributed by atoms with van der Waals surface area (Å²) in [5.74, 6) is 0.792. The van der Waals surface area contributed by atoms with E-state index in [4.69, 9.17) is 4.55 Å². The first-order chi connectivity index (χ1) is 9.06. The Kier molecular flexibility index (Phi) is 7.32. The predicted octanol–water partition coefficient (Wildman–Crippen LogP) is 4.52. The molecule has 1 N–H and O–H groups in total. The minimum Gasteiger partial charge on any atom is -0.306 e. The van der Waals surface area contributed by atoms with E-state index in [1.807, 2.05) is 6.92 Å². The summed E-state index contributed by atoms with van der Waals surface area (Å²) in [6.45, 7) is 6.11. The summed E-state index contributed by atoms with van der Waals surface area (Å²) >= 11 is -1.61. The minimum atomic E-state index is -1.61. The molecule has 1 aliphatic rings. The van der Waals surface area contributed by atoms with Crippen molar-refractivity contribution in [2.45, 2.75) is 64.0 Å². The molecule has 108 valence electrons. The van der Waals surface area contributed by atoms with Crippen LogP contribution in [0.3, 0.4) is 0 Å². The van der Waals surface area contributed by atoms with Crippen molar-refractivity contribution >= 4 is 11.1 Å². The Hall–Kier alpha value is -0.670. The molecular formula is C16H26O2S.